The lowest BCUT2D eigenvalue weighted by molar-refractivity contribution is 0.305. The number of halogens is 2. The first-order valence-corrected chi connectivity index (χ1v) is 5.44. The summed E-state index contributed by atoms with van der Waals surface area (Å²) in [7, 11) is 2.21. The minimum absolute atomic E-state index is 0. The molecule has 0 aromatic heterocycles. The number of para-hydroxylation sites is 1. The number of aryl methyl sites for hydroxylation is 2. The highest BCUT2D eigenvalue weighted by atomic mass is 19.0. The summed E-state index contributed by atoms with van der Waals surface area (Å²) in [5, 5.41) is 0. The van der Waals surface area contributed by atoms with Crippen molar-refractivity contribution in [3.05, 3.63) is 29.3 Å². The van der Waals surface area contributed by atoms with E-state index in [4.69, 9.17) is 4.74 Å². The second kappa shape index (κ2) is 9.19. The van der Waals surface area contributed by atoms with Crippen LogP contribution in [0.3, 0.4) is 0 Å². The van der Waals surface area contributed by atoms with Crippen molar-refractivity contribution in [2.45, 2.75) is 33.0 Å². The van der Waals surface area contributed by atoms with Gasteiger partial charge >= 0.3 is 0 Å². The molecule has 0 spiro atoms. The van der Waals surface area contributed by atoms with Gasteiger partial charge in [0.05, 0.1) is 6.61 Å². The van der Waals surface area contributed by atoms with E-state index in [9.17, 15) is 0 Å². The van der Waals surface area contributed by atoms with E-state index in [0.29, 0.717) is 0 Å². The van der Waals surface area contributed by atoms with E-state index in [1.165, 1.54) is 23.9 Å². The molecule has 0 aliphatic carbocycles. The monoisotopic (exact) mass is 230 g/mol. The van der Waals surface area contributed by atoms with E-state index >= 15 is 0 Å². The smallest absolute Gasteiger partial charge is 0.125 e. The lowest BCUT2D eigenvalue weighted by Crippen LogP contribution is -2.00. The molecule has 0 heterocycles. The Morgan fingerprint density at radius 2 is 1.62 bits per heavy atom. The molecule has 0 unspecified atom stereocenters. The molecule has 1 aromatic rings. The number of ether oxygens (including phenoxy) is 1. The van der Waals surface area contributed by atoms with Crippen LogP contribution in [0.15, 0.2) is 18.2 Å². The molecular formula is C12H21BF2O. The lowest BCUT2D eigenvalue weighted by atomic mass is 10.0. The molecule has 0 saturated carbocycles. The summed E-state index contributed by atoms with van der Waals surface area (Å²) >= 11 is 0. The van der Waals surface area contributed by atoms with Gasteiger partial charge in [0.2, 0.25) is 0 Å². The quantitative estimate of drug-likeness (QED) is 0.558. The molecule has 1 aromatic carbocycles. The van der Waals surface area contributed by atoms with Crippen molar-refractivity contribution in [1.82, 2.24) is 0 Å². The molecule has 92 valence electrons. The summed E-state index contributed by atoms with van der Waals surface area (Å²) in [5.74, 6) is 1.07. The van der Waals surface area contributed by atoms with Crippen molar-refractivity contribution in [2.24, 2.45) is 0 Å². The molecule has 0 saturated heterocycles. The highest BCUT2D eigenvalue weighted by Crippen LogP contribution is 2.22. The minimum atomic E-state index is 0. The Bertz CT molecular complexity index is 272. The molecule has 16 heavy (non-hydrogen) atoms. The Kier molecular flexibility index (Phi) is 9.96. The number of rotatable bonds is 5. The van der Waals surface area contributed by atoms with Crippen LogP contribution >= 0.6 is 0 Å². The zero-order valence-corrected chi connectivity index (χ0v) is 10.3. The van der Waals surface area contributed by atoms with Gasteiger partial charge in [-0.05, 0) is 31.4 Å². The van der Waals surface area contributed by atoms with Crippen molar-refractivity contribution >= 4 is 7.85 Å². The Labute approximate surface area is 97.3 Å². The maximum atomic E-state index is 5.77. The molecule has 0 bridgehead atoms. The van der Waals surface area contributed by atoms with Gasteiger partial charge in [0.1, 0.15) is 13.6 Å². The van der Waals surface area contributed by atoms with Gasteiger partial charge in [0.25, 0.3) is 0 Å². The van der Waals surface area contributed by atoms with Crippen LogP contribution in [0.25, 0.3) is 0 Å². The Morgan fingerprint density at radius 3 is 2.12 bits per heavy atom. The SMILES string of the molecule is BCCCCOc1c(C)cccc1C.F.F. The van der Waals surface area contributed by atoms with Crippen molar-refractivity contribution in [1.29, 1.82) is 0 Å². The van der Waals surface area contributed by atoms with Gasteiger partial charge in [0.15, 0.2) is 0 Å². The van der Waals surface area contributed by atoms with E-state index in [1.807, 2.05) is 0 Å². The Balaban J connectivity index is 0. The molecule has 0 radical (unpaired) electrons. The summed E-state index contributed by atoms with van der Waals surface area (Å²) in [4.78, 5) is 0. The first kappa shape index (κ1) is 17.3. The Morgan fingerprint density at radius 1 is 1.06 bits per heavy atom. The van der Waals surface area contributed by atoms with Gasteiger partial charge in [-0.15, -0.1) is 0 Å². The lowest BCUT2D eigenvalue weighted by Gasteiger charge is -2.11. The minimum Gasteiger partial charge on any atom is -0.493 e. The fraction of sp³-hybridized carbons (Fsp3) is 0.500. The van der Waals surface area contributed by atoms with Crippen LogP contribution in [0.4, 0.5) is 9.41 Å². The third-order valence-electron chi connectivity index (χ3n) is 2.40. The third kappa shape index (κ3) is 5.15. The zero-order valence-electron chi connectivity index (χ0n) is 10.3. The highest BCUT2D eigenvalue weighted by Gasteiger charge is 2.01. The zero-order chi connectivity index (χ0) is 10.4. The van der Waals surface area contributed by atoms with Crippen LogP contribution in [0, 0.1) is 13.8 Å². The van der Waals surface area contributed by atoms with Crippen molar-refractivity contribution < 1.29 is 14.1 Å². The molecule has 0 atom stereocenters. The number of unbranched alkanes of at least 4 members (excludes halogenated alkanes) is 1. The summed E-state index contributed by atoms with van der Waals surface area (Å²) in [5.41, 5.74) is 2.47. The third-order valence-corrected chi connectivity index (χ3v) is 2.40. The van der Waals surface area contributed by atoms with Crippen molar-refractivity contribution in [3.63, 3.8) is 0 Å². The molecule has 0 aliphatic rings. The fourth-order valence-electron chi connectivity index (χ4n) is 1.55. The largest absolute Gasteiger partial charge is 0.493 e. The maximum absolute atomic E-state index is 5.77. The molecule has 0 fully saturated rings. The second-order valence-electron chi connectivity index (χ2n) is 3.78. The first-order chi connectivity index (χ1) is 6.75. The average molecular weight is 230 g/mol. The van der Waals surface area contributed by atoms with Crippen LogP contribution < -0.4 is 4.74 Å². The van der Waals surface area contributed by atoms with Gasteiger partial charge in [0, 0.05) is 0 Å². The molecule has 1 rings (SSSR count). The topological polar surface area (TPSA) is 9.23 Å². The normalized spacial score (nSPS) is 8.88. The summed E-state index contributed by atoms with van der Waals surface area (Å²) in [6.45, 7) is 5.05. The summed E-state index contributed by atoms with van der Waals surface area (Å²) in [6.07, 6.45) is 3.66. The number of hydrogen-bond donors (Lipinski definition) is 0. The molecular weight excluding hydrogens is 209 g/mol. The van der Waals surface area contributed by atoms with E-state index in [2.05, 4.69) is 39.9 Å². The predicted molar refractivity (Wildman–Crippen MR) is 69.0 cm³/mol. The number of hydrogen-bond acceptors (Lipinski definition) is 1. The van der Waals surface area contributed by atoms with E-state index in [1.54, 1.807) is 0 Å². The summed E-state index contributed by atoms with van der Waals surface area (Å²) in [6, 6.07) is 6.27. The van der Waals surface area contributed by atoms with Crippen LogP contribution in [-0.2, 0) is 0 Å². The van der Waals surface area contributed by atoms with Crippen LogP contribution in [-0.4, -0.2) is 14.5 Å². The van der Waals surface area contributed by atoms with Crippen LogP contribution in [0.5, 0.6) is 5.75 Å². The van der Waals surface area contributed by atoms with Crippen LogP contribution in [0.1, 0.15) is 24.0 Å². The second-order valence-corrected chi connectivity index (χ2v) is 3.78. The van der Waals surface area contributed by atoms with Gasteiger partial charge in [-0.3, -0.25) is 9.41 Å². The van der Waals surface area contributed by atoms with Crippen molar-refractivity contribution in [2.75, 3.05) is 6.61 Å². The maximum Gasteiger partial charge on any atom is 0.125 e. The summed E-state index contributed by atoms with van der Waals surface area (Å²) < 4.78 is 5.77. The van der Waals surface area contributed by atoms with E-state index in [-0.39, 0.29) is 9.41 Å². The number of benzene rings is 1. The standard InChI is InChI=1S/C12H19BO.2FH/c1-10-6-5-7-11(2)12(10)14-9-4-3-8-13;;/h5-7H,3-4,8-9,13H2,1-2H3;2*1H. The van der Waals surface area contributed by atoms with Crippen molar-refractivity contribution in [3.8, 4) is 5.75 Å². The Hall–Kier alpha value is -1.06. The van der Waals surface area contributed by atoms with E-state index in [0.717, 1.165) is 18.8 Å². The van der Waals surface area contributed by atoms with Gasteiger partial charge in [-0.1, -0.05) is 30.9 Å². The molecule has 0 aliphatic heterocycles. The van der Waals surface area contributed by atoms with Gasteiger partial charge in [-0.25, -0.2) is 0 Å². The molecule has 4 heteroatoms. The first-order valence-electron chi connectivity index (χ1n) is 5.44. The molecule has 1 nitrogen and oxygen atoms in total. The fourth-order valence-corrected chi connectivity index (χ4v) is 1.55. The highest BCUT2D eigenvalue weighted by molar-refractivity contribution is 6.08. The van der Waals surface area contributed by atoms with Gasteiger partial charge < -0.3 is 4.74 Å². The average Bonchev–Trinajstić information content (AvgIpc) is 2.16. The van der Waals surface area contributed by atoms with Crippen LogP contribution in [0.2, 0.25) is 6.32 Å². The predicted octanol–water partition coefficient (Wildman–Crippen LogP) is 2.82. The van der Waals surface area contributed by atoms with E-state index < -0.39 is 0 Å². The van der Waals surface area contributed by atoms with Gasteiger partial charge in [-0.2, -0.15) is 0 Å². The molecule has 0 N–H and O–H groups in total. The molecule has 0 amide bonds.